The Hall–Kier alpha value is -1.06. The predicted molar refractivity (Wildman–Crippen MR) is 77.9 cm³/mol. The highest BCUT2D eigenvalue weighted by Gasteiger charge is 2.11. The summed E-state index contributed by atoms with van der Waals surface area (Å²) < 4.78 is 0. The van der Waals surface area contributed by atoms with E-state index in [0.29, 0.717) is 10.6 Å². The van der Waals surface area contributed by atoms with E-state index in [2.05, 4.69) is 16.7 Å². The first kappa shape index (κ1) is 15.0. The van der Waals surface area contributed by atoms with Gasteiger partial charge in [0, 0.05) is 35.9 Å². The molecule has 100 valence electrons. The topological polar surface area (TPSA) is 23.6 Å². The minimum absolute atomic E-state index is 0.668. The van der Waals surface area contributed by atoms with Crippen LogP contribution in [0.3, 0.4) is 0 Å². The standard InChI is InChI=1S/C14H21ClN2O/c1-4-7-17(9-8-16(2)3)14-10-13(15)6-5-12(14)11-18/h5-6,10-11H,4,7-9H2,1-3H3. The summed E-state index contributed by atoms with van der Waals surface area (Å²) >= 11 is 6.03. The van der Waals surface area contributed by atoms with Crippen molar-refractivity contribution in [2.75, 3.05) is 38.6 Å². The van der Waals surface area contributed by atoms with Gasteiger partial charge < -0.3 is 9.80 Å². The Morgan fingerprint density at radius 2 is 1.94 bits per heavy atom. The highest BCUT2D eigenvalue weighted by molar-refractivity contribution is 6.31. The third-order valence-corrected chi connectivity index (χ3v) is 3.01. The minimum Gasteiger partial charge on any atom is -0.370 e. The Bertz CT molecular complexity index is 393. The fourth-order valence-corrected chi connectivity index (χ4v) is 2.00. The van der Waals surface area contributed by atoms with E-state index in [4.69, 9.17) is 11.6 Å². The second-order valence-electron chi connectivity index (χ2n) is 4.61. The average Bonchev–Trinajstić information content (AvgIpc) is 2.34. The zero-order chi connectivity index (χ0) is 13.5. The third-order valence-electron chi connectivity index (χ3n) is 2.77. The van der Waals surface area contributed by atoms with Crippen LogP contribution >= 0.6 is 11.6 Å². The first-order valence-corrected chi connectivity index (χ1v) is 6.60. The SMILES string of the molecule is CCCN(CCN(C)C)c1cc(Cl)ccc1C=O. The van der Waals surface area contributed by atoms with Crippen LogP contribution < -0.4 is 4.90 Å². The van der Waals surface area contributed by atoms with Crippen molar-refractivity contribution in [3.05, 3.63) is 28.8 Å². The molecule has 0 heterocycles. The van der Waals surface area contributed by atoms with Gasteiger partial charge in [0.2, 0.25) is 0 Å². The first-order valence-electron chi connectivity index (χ1n) is 6.23. The van der Waals surface area contributed by atoms with E-state index in [9.17, 15) is 4.79 Å². The van der Waals surface area contributed by atoms with Crippen LogP contribution in [-0.2, 0) is 0 Å². The van der Waals surface area contributed by atoms with E-state index >= 15 is 0 Å². The highest BCUT2D eigenvalue weighted by Crippen LogP contribution is 2.24. The molecular formula is C14H21ClN2O. The number of likely N-dealkylation sites (N-methyl/N-ethyl adjacent to an activating group) is 1. The molecule has 1 aromatic rings. The highest BCUT2D eigenvalue weighted by atomic mass is 35.5. The fourth-order valence-electron chi connectivity index (χ4n) is 1.83. The first-order chi connectivity index (χ1) is 8.58. The van der Waals surface area contributed by atoms with Crippen molar-refractivity contribution in [3.8, 4) is 0 Å². The molecule has 1 rings (SSSR count). The molecule has 0 amide bonds. The lowest BCUT2D eigenvalue weighted by atomic mass is 10.1. The van der Waals surface area contributed by atoms with Crippen molar-refractivity contribution in [3.63, 3.8) is 0 Å². The predicted octanol–water partition coefficient (Wildman–Crippen LogP) is 2.93. The van der Waals surface area contributed by atoms with Crippen molar-refractivity contribution in [1.82, 2.24) is 4.90 Å². The van der Waals surface area contributed by atoms with Crippen LogP contribution in [0.25, 0.3) is 0 Å². The lowest BCUT2D eigenvalue weighted by molar-refractivity contribution is 0.112. The Morgan fingerprint density at radius 3 is 2.50 bits per heavy atom. The normalized spacial score (nSPS) is 10.7. The number of nitrogens with zero attached hydrogens (tertiary/aromatic N) is 2. The number of hydrogen-bond acceptors (Lipinski definition) is 3. The molecule has 18 heavy (non-hydrogen) atoms. The molecule has 0 aliphatic rings. The zero-order valence-corrected chi connectivity index (χ0v) is 12.1. The molecule has 3 nitrogen and oxygen atoms in total. The van der Waals surface area contributed by atoms with Gasteiger partial charge in [0.25, 0.3) is 0 Å². The Labute approximate surface area is 114 Å². The molecule has 0 N–H and O–H groups in total. The van der Waals surface area contributed by atoms with Gasteiger partial charge in [-0.2, -0.15) is 0 Å². The molecule has 0 fully saturated rings. The van der Waals surface area contributed by atoms with E-state index in [-0.39, 0.29) is 0 Å². The number of benzene rings is 1. The Balaban J connectivity index is 2.95. The summed E-state index contributed by atoms with van der Waals surface area (Å²) in [5.74, 6) is 0. The summed E-state index contributed by atoms with van der Waals surface area (Å²) in [6.45, 7) is 4.90. The molecule has 0 saturated carbocycles. The van der Waals surface area contributed by atoms with E-state index < -0.39 is 0 Å². The molecule has 0 radical (unpaired) electrons. The number of aldehydes is 1. The van der Waals surface area contributed by atoms with Crippen LogP contribution in [0, 0.1) is 0 Å². The van der Waals surface area contributed by atoms with E-state index in [0.717, 1.165) is 38.0 Å². The quantitative estimate of drug-likeness (QED) is 0.711. The van der Waals surface area contributed by atoms with Gasteiger partial charge in [0.15, 0.2) is 6.29 Å². The molecule has 0 bridgehead atoms. The molecule has 0 aliphatic carbocycles. The molecule has 0 saturated heterocycles. The minimum atomic E-state index is 0.668. The fraction of sp³-hybridized carbons (Fsp3) is 0.500. The van der Waals surface area contributed by atoms with Crippen molar-refractivity contribution < 1.29 is 4.79 Å². The second-order valence-corrected chi connectivity index (χ2v) is 5.05. The lowest BCUT2D eigenvalue weighted by Gasteiger charge is -2.27. The van der Waals surface area contributed by atoms with Crippen molar-refractivity contribution in [2.24, 2.45) is 0 Å². The van der Waals surface area contributed by atoms with Gasteiger partial charge in [-0.25, -0.2) is 0 Å². The third kappa shape index (κ3) is 4.31. The van der Waals surface area contributed by atoms with Crippen LogP contribution in [0.4, 0.5) is 5.69 Å². The lowest BCUT2D eigenvalue weighted by Crippen LogP contribution is -2.33. The zero-order valence-electron chi connectivity index (χ0n) is 11.3. The molecule has 0 unspecified atom stereocenters. The molecule has 0 atom stereocenters. The summed E-state index contributed by atoms with van der Waals surface area (Å²) in [6, 6.07) is 5.41. The van der Waals surface area contributed by atoms with Crippen LogP contribution in [-0.4, -0.2) is 44.9 Å². The number of carbonyl (C=O) groups excluding carboxylic acids is 1. The van der Waals surface area contributed by atoms with Gasteiger partial charge in [0.05, 0.1) is 0 Å². The van der Waals surface area contributed by atoms with Crippen molar-refractivity contribution in [1.29, 1.82) is 0 Å². The van der Waals surface area contributed by atoms with E-state index in [1.807, 2.05) is 20.2 Å². The van der Waals surface area contributed by atoms with Gasteiger partial charge in [-0.15, -0.1) is 0 Å². The van der Waals surface area contributed by atoms with Crippen LogP contribution in [0.1, 0.15) is 23.7 Å². The summed E-state index contributed by atoms with van der Waals surface area (Å²) in [5, 5.41) is 0.668. The molecular weight excluding hydrogens is 248 g/mol. The van der Waals surface area contributed by atoms with Crippen molar-refractivity contribution >= 4 is 23.6 Å². The summed E-state index contributed by atoms with van der Waals surface area (Å²) in [4.78, 5) is 15.5. The van der Waals surface area contributed by atoms with Gasteiger partial charge in [-0.05, 0) is 38.7 Å². The van der Waals surface area contributed by atoms with Gasteiger partial charge >= 0.3 is 0 Å². The van der Waals surface area contributed by atoms with Gasteiger partial charge in [-0.1, -0.05) is 18.5 Å². The second kappa shape index (κ2) is 7.39. The Morgan fingerprint density at radius 1 is 1.22 bits per heavy atom. The number of anilines is 1. The van der Waals surface area contributed by atoms with Crippen molar-refractivity contribution in [2.45, 2.75) is 13.3 Å². The summed E-state index contributed by atoms with van der Waals surface area (Å²) in [5.41, 5.74) is 1.63. The molecule has 0 spiro atoms. The summed E-state index contributed by atoms with van der Waals surface area (Å²) in [6.07, 6.45) is 1.93. The number of halogens is 1. The average molecular weight is 269 g/mol. The largest absolute Gasteiger partial charge is 0.370 e. The summed E-state index contributed by atoms with van der Waals surface area (Å²) in [7, 11) is 4.09. The van der Waals surface area contributed by atoms with Gasteiger partial charge in [0.1, 0.15) is 0 Å². The smallest absolute Gasteiger partial charge is 0.152 e. The number of carbonyl (C=O) groups is 1. The molecule has 4 heteroatoms. The van der Waals surface area contributed by atoms with Crippen LogP contribution in [0.15, 0.2) is 18.2 Å². The molecule has 0 aromatic heterocycles. The maximum Gasteiger partial charge on any atom is 0.152 e. The molecule has 0 aliphatic heterocycles. The van der Waals surface area contributed by atoms with E-state index in [1.54, 1.807) is 12.1 Å². The monoisotopic (exact) mass is 268 g/mol. The van der Waals surface area contributed by atoms with Crippen LogP contribution in [0.2, 0.25) is 5.02 Å². The van der Waals surface area contributed by atoms with E-state index in [1.165, 1.54) is 0 Å². The molecule has 1 aromatic carbocycles. The number of rotatable bonds is 7. The maximum absolute atomic E-state index is 11.1. The maximum atomic E-state index is 11.1. The Kier molecular flexibility index (Phi) is 6.16. The van der Waals surface area contributed by atoms with Gasteiger partial charge in [-0.3, -0.25) is 4.79 Å². The number of hydrogen-bond donors (Lipinski definition) is 0. The van der Waals surface area contributed by atoms with Crippen LogP contribution in [0.5, 0.6) is 0 Å².